The van der Waals surface area contributed by atoms with Gasteiger partial charge in [-0.2, -0.15) is 8.42 Å². The highest BCUT2D eigenvalue weighted by Crippen LogP contribution is 2.28. The van der Waals surface area contributed by atoms with Gasteiger partial charge in [-0.3, -0.25) is 32.0 Å². The molecule has 13 nitrogen and oxygen atoms in total. The number of aliphatic carboxylic acids is 1. The highest BCUT2D eigenvalue weighted by atomic mass is 32.2. The first-order valence-corrected chi connectivity index (χ1v) is 11.7. The van der Waals surface area contributed by atoms with E-state index in [4.69, 9.17) is 5.11 Å². The van der Waals surface area contributed by atoms with Crippen LogP contribution in [0.2, 0.25) is 0 Å². The average molecular weight is 498 g/mol. The molecule has 0 aliphatic rings. The molecule has 0 aliphatic carbocycles. The summed E-state index contributed by atoms with van der Waals surface area (Å²) in [4.78, 5) is 51.6. The van der Waals surface area contributed by atoms with E-state index < -0.39 is 39.8 Å². The van der Waals surface area contributed by atoms with E-state index in [-0.39, 0.29) is 34.1 Å². The minimum Gasteiger partial charge on any atom is -0.480 e. The summed E-state index contributed by atoms with van der Waals surface area (Å²) in [7, 11) is -1.66. The third-order valence-corrected chi connectivity index (χ3v) is 6.48. The minimum atomic E-state index is -4.41. The van der Waals surface area contributed by atoms with Crippen molar-refractivity contribution in [1.29, 1.82) is 0 Å². The Morgan fingerprint density at radius 1 is 1.12 bits per heavy atom. The van der Waals surface area contributed by atoms with Crippen LogP contribution in [0.1, 0.15) is 6.42 Å². The van der Waals surface area contributed by atoms with Crippen molar-refractivity contribution in [2.24, 2.45) is 14.1 Å². The van der Waals surface area contributed by atoms with Crippen LogP contribution in [0, 0.1) is 0 Å². The van der Waals surface area contributed by atoms with E-state index >= 15 is 0 Å². The van der Waals surface area contributed by atoms with Crippen molar-refractivity contribution < 1.29 is 27.7 Å². The normalized spacial score (nSPS) is 11.6. The van der Waals surface area contributed by atoms with Crippen LogP contribution in [0.15, 0.2) is 38.8 Å². The zero-order valence-corrected chi connectivity index (χ0v) is 19.0. The molecule has 0 aliphatic heterocycles. The highest BCUT2D eigenvalue weighted by molar-refractivity contribution is 7.98. The fraction of sp³-hybridized carbons (Fsp3) is 0.278. The number of carbonyl (C=O) groups is 2. The average Bonchev–Trinajstić information content (AvgIpc) is 3.14. The van der Waals surface area contributed by atoms with Gasteiger partial charge in [-0.05, 0) is 36.2 Å². The molecule has 3 rings (SSSR count). The number of amides is 1. The van der Waals surface area contributed by atoms with Gasteiger partial charge < -0.3 is 10.4 Å². The van der Waals surface area contributed by atoms with Crippen molar-refractivity contribution in [1.82, 2.24) is 23.4 Å². The third-order valence-electron chi connectivity index (χ3n) is 4.61. The van der Waals surface area contributed by atoms with Gasteiger partial charge in [0.25, 0.3) is 15.7 Å². The number of hydrogen-bond donors (Lipinski definition) is 3. The van der Waals surface area contributed by atoms with Crippen LogP contribution in [0.4, 0.5) is 0 Å². The molecule has 15 heteroatoms. The molecular formula is C18H19N5O8S2. The summed E-state index contributed by atoms with van der Waals surface area (Å²) in [6.45, 7) is -0.522. The summed E-state index contributed by atoms with van der Waals surface area (Å²) in [5, 5.41) is 10.9. The number of fused-ring (bicyclic) bond motifs is 1. The Hall–Kier alpha value is -3.43. The standard InChI is InChI=1S/C18H19N5O8S2/c1-21-16-14(17(27)22(2)18(21)28)23(32-8-7-12(24)19-9-13(25)26)15(20-16)10-3-5-11(6-4-10)33(29,30)31/h3-6H,7-9H2,1-2H3,(H,19,24)(H,25,26)(H,29,30,31). The summed E-state index contributed by atoms with van der Waals surface area (Å²) < 4.78 is 35.4. The maximum absolute atomic E-state index is 12.8. The molecule has 0 bridgehead atoms. The van der Waals surface area contributed by atoms with Gasteiger partial charge in [0, 0.05) is 31.8 Å². The van der Waals surface area contributed by atoms with Crippen molar-refractivity contribution in [2.45, 2.75) is 11.3 Å². The lowest BCUT2D eigenvalue weighted by Crippen LogP contribution is -2.37. The number of hydrogen-bond acceptors (Lipinski definition) is 8. The van der Waals surface area contributed by atoms with Gasteiger partial charge in [0.2, 0.25) is 5.91 Å². The van der Waals surface area contributed by atoms with Gasteiger partial charge >= 0.3 is 11.7 Å². The maximum Gasteiger partial charge on any atom is 0.332 e. The number of aryl methyl sites for hydroxylation is 1. The number of carboxylic acid groups (broad SMARTS) is 1. The molecule has 0 radical (unpaired) electrons. The summed E-state index contributed by atoms with van der Waals surface area (Å²) in [6, 6.07) is 5.08. The van der Waals surface area contributed by atoms with E-state index in [0.717, 1.165) is 28.6 Å². The molecule has 2 aromatic heterocycles. The second kappa shape index (κ2) is 9.21. The van der Waals surface area contributed by atoms with E-state index in [1.807, 2.05) is 0 Å². The Morgan fingerprint density at radius 2 is 1.76 bits per heavy atom. The Kier molecular flexibility index (Phi) is 6.76. The topological polar surface area (TPSA) is 183 Å². The lowest BCUT2D eigenvalue weighted by molar-refractivity contribution is -0.137. The first-order valence-electron chi connectivity index (χ1n) is 9.30. The maximum atomic E-state index is 12.8. The number of benzene rings is 1. The molecule has 0 saturated carbocycles. The van der Waals surface area contributed by atoms with E-state index in [1.54, 1.807) is 0 Å². The van der Waals surface area contributed by atoms with Crippen LogP contribution in [-0.4, -0.2) is 60.3 Å². The van der Waals surface area contributed by atoms with Gasteiger partial charge in [-0.25, -0.2) is 9.78 Å². The summed E-state index contributed by atoms with van der Waals surface area (Å²) >= 11 is 1.04. The predicted octanol–water partition coefficient (Wildman–Crippen LogP) is -0.565. The zero-order chi connectivity index (χ0) is 24.5. The molecule has 3 aromatic rings. The molecule has 33 heavy (non-hydrogen) atoms. The number of carboxylic acids is 1. The first kappa shape index (κ1) is 24.2. The monoisotopic (exact) mass is 497 g/mol. The Labute approximate surface area is 190 Å². The molecule has 2 heterocycles. The summed E-state index contributed by atoms with van der Waals surface area (Å²) in [6.07, 6.45) is -0.0646. The number of nitrogens with one attached hydrogen (secondary N) is 1. The van der Waals surface area contributed by atoms with Gasteiger partial charge in [-0.15, -0.1) is 0 Å². The fourth-order valence-electron chi connectivity index (χ4n) is 2.95. The molecule has 0 unspecified atom stereocenters. The minimum absolute atomic E-state index is 0.0646. The van der Waals surface area contributed by atoms with Crippen molar-refractivity contribution in [2.75, 3.05) is 12.3 Å². The smallest absolute Gasteiger partial charge is 0.332 e. The largest absolute Gasteiger partial charge is 0.480 e. The van der Waals surface area contributed by atoms with Crippen LogP contribution in [0.5, 0.6) is 0 Å². The second-order valence-electron chi connectivity index (χ2n) is 6.86. The Balaban J connectivity index is 2.07. The van der Waals surface area contributed by atoms with E-state index in [9.17, 15) is 32.1 Å². The SMILES string of the molecule is Cn1c(=O)c2c(nc(-c3ccc(S(=O)(=O)O)cc3)n2SCCC(=O)NCC(=O)O)n(C)c1=O. The molecule has 1 aromatic carbocycles. The van der Waals surface area contributed by atoms with Crippen LogP contribution in [-0.2, 0) is 33.8 Å². The van der Waals surface area contributed by atoms with Gasteiger partial charge in [-0.1, -0.05) is 0 Å². The molecule has 0 fully saturated rings. The van der Waals surface area contributed by atoms with Crippen molar-refractivity contribution in [3.8, 4) is 11.4 Å². The van der Waals surface area contributed by atoms with Crippen LogP contribution < -0.4 is 16.6 Å². The van der Waals surface area contributed by atoms with E-state index in [2.05, 4.69) is 10.3 Å². The molecule has 176 valence electrons. The van der Waals surface area contributed by atoms with Crippen molar-refractivity contribution in [3.63, 3.8) is 0 Å². The number of imidazole rings is 1. The van der Waals surface area contributed by atoms with Crippen LogP contribution >= 0.6 is 11.9 Å². The molecule has 1 amide bonds. The summed E-state index contributed by atoms with van der Waals surface area (Å²) in [5.74, 6) is -1.34. The third kappa shape index (κ3) is 4.99. The number of nitrogens with zero attached hydrogens (tertiary/aromatic N) is 4. The number of carbonyl (C=O) groups excluding carboxylic acids is 1. The van der Waals surface area contributed by atoms with Gasteiger partial charge in [0.1, 0.15) is 6.54 Å². The first-order chi connectivity index (χ1) is 15.4. The second-order valence-corrected chi connectivity index (χ2v) is 9.31. The highest BCUT2D eigenvalue weighted by Gasteiger charge is 2.21. The Bertz CT molecular complexity index is 1470. The summed E-state index contributed by atoms with van der Waals surface area (Å²) in [5.41, 5.74) is -0.673. The van der Waals surface area contributed by atoms with E-state index in [0.29, 0.717) is 5.56 Å². The molecule has 3 N–H and O–H groups in total. The lowest BCUT2D eigenvalue weighted by atomic mass is 10.2. The molecule has 0 spiro atoms. The Morgan fingerprint density at radius 3 is 2.33 bits per heavy atom. The van der Waals surface area contributed by atoms with E-state index in [1.165, 1.54) is 34.8 Å². The fourth-order valence-corrected chi connectivity index (χ4v) is 4.45. The number of aromatic nitrogens is 4. The molecule has 0 atom stereocenters. The van der Waals surface area contributed by atoms with Crippen molar-refractivity contribution >= 4 is 45.1 Å². The van der Waals surface area contributed by atoms with Gasteiger partial charge in [0.05, 0.1) is 4.90 Å². The number of rotatable bonds is 8. The predicted molar refractivity (Wildman–Crippen MR) is 119 cm³/mol. The molecular weight excluding hydrogens is 478 g/mol. The van der Waals surface area contributed by atoms with Crippen LogP contribution in [0.25, 0.3) is 22.6 Å². The van der Waals surface area contributed by atoms with Crippen LogP contribution in [0.3, 0.4) is 0 Å². The lowest BCUT2D eigenvalue weighted by Gasteiger charge is -2.09. The van der Waals surface area contributed by atoms with Crippen molar-refractivity contribution in [3.05, 3.63) is 45.1 Å². The zero-order valence-electron chi connectivity index (χ0n) is 17.4. The quantitative estimate of drug-likeness (QED) is 0.341. The molecule has 0 saturated heterocycles. The van der Waals surface area contributed by atoms with Gasteiger partial charge in [0.15, 0.2) is 17.0 Å².